The van der Waals surface area contributed by atoms with Crippen molar-refractivity contribution in [1.29, 1.82) is 0 Å². The van der Waals surface area contributed by atoms with E-state index in [9.17, 15) is 36.0 Å². The molecule has 2 aliphatic heterocycles. The van der Waals surface area contributed by atoms with Crippen LogP contribution in [0.4, 0.5) is 0 Å². The Morgan fingerprint density at radius 2 is 0.835 bits per heavy atom. The van der Waals surface area contributed by atoms with Crippen molar-refractivity contribution in [2.75, 3.05) is 87.9 Å². The summed E-state index contributed by atoms with van der Waals surface area (Å²) in [4.78, 5) is 58.9. The Kier molecular flexibility index (Phi) is 28.7. The SMILES string of the molecule is C=C(C)[C@@H]1CC[C@]2(N)CC[C@]3(C)[C@H](CC[C@@H]4[C@@]5(C)CC=C(C6=CCC(COC(=O)c7ccccc7)(C(=O)OCc7ccccc7)CC6)C(C)(C)[C@@H]5CC[C@]43C)[C@@H]12.C=C(C)[C@@H]1CC[C@]2(NCCN3CCS(=O)(=O)CC3)CC[C@]3(C)[C@H](CC[C@@H]4[C@@]5(C)CC=C(C6=CCC(COC(=O)c7ccccc7)(C(=O)OCc7ccccc7)CC6)C(C)(C)[C@@H]5CC[C@]43C)[C@@H]12.O=S1(=O)CCN(CCCl)CC1. The maximum absolute atomic E-state index is 14.1. The van der Waals surface area contributed by atoms with Crippen molar-refractivity contribution in [3.8, 4) is 0 Å². The second kappa shape index (κ2) is 38.4. The second-order valence-corrected chi connectivity index (χ2v) is 51.9. The Hall–Kier alpha value is -6.77. The second-order valence-electron chi connectivity index (χ2n) is 46.9. The number of nitrogens with one attached hydrogen (secondary N) is 1. The molecule has 0 amide bonds. The Morgan fingerprint density at radius 3 is 1.25 bits per heavy atom. The molecule has 4 aromatic carbocycles. The molecule has 16 nitrogen and oxygen atoms in total. The number of hydrogen-bond acceptors (Lipinski definition) is 16. The first-order chi connectivity index (χ1) is 63.1. The molecule has 10 fully saturated rings. The molecule has 19 heteroatoms. The summed E-state index contributed by atoms with van der Waals surface area (Å²) in [5.74, 6) is 6.33. The molecule has 2 heterocycles. The highest BCUT2D eigenvalue weighted by atomic mass is 35.5. The fourth-order valence-electron chi connectivity index (χ4n) is 32.0. The highest BCUT2D eigenvalue weighted by Gasteiger charge is 2.73. The van der Waals surface area contributed by atoms with Gasteiger partial charge in [0.2, 0.25) is 0 Å². The number of nitrogens with zero attached hydrogens (tertiary/aromatic N) is 2. The van der Waals surface area contributed by atoms with Crippen LogP contribution in [-0.4, -0.2) is 150 Å². The number of carbonyl (C=O) groups excluding carboxylic acids is 4. The Morgan fingerprint density at radius 1 is 0.436 bits per heavy atom. The van der Waals surface area contributed by atoms with E-state index in [1.54, 1.807) is 24.3 Å². The first-order valence-corrected chi connectivity index (χ1v) is 55.2. The number of benzene rings is 4. The zero-order valence-electron chi connectivity index (χ0n) is 82.4. The number of esters is 4. The van der Waals surface area contributed by atoms with E-state index in [1.807, 2.05) is 97.1 Å². The standard InChI is InChI=1S/C57H78N2O6S.C51H67NO4.C6H12ClNO2S/c1-40(2)44-22-29-57(58-32-33-59-34-36-66(62,63)37-35-59)31-30-54(6)46(49(44)57)18-19-48-53(5)25-23-45(52(3,4)47(53)24-26-55(48,54)7)42-20-27-56(28-21-42,39-65-50(60)43-16-12-9-13-17-43)51(61)64-38-41-14-10-8-11-15-41;1-34(2)38-22-29-51(52)31-30-48(6)40(43(38)51)18-19-42-47(5)25-23-39(46(3,4)41(47)24-26-49(42,48)7)36-20-27-50(28-21-36,33-56-44(53)37-16-12-9-13-17-37)45(54)55-32-35-14-10-8-11-15-35;7-1-2-8-3-5-11(9,10)6-4-8/h8-17,20,23,44,46-49,58H,1,18-19,21-22,24-39H2,2-7H3;8-17,20,23,38,40-43H,1,18-19,21-22,24-33,52H2,2-7H3;1-6H2/t44-,46+,47-,48+,49+,53-,54+,55+,56?,57-;38-,40+,41-,42+,43+,47-,48+,49+,50?,51-;/m00./s1. The molecule has 18 rings (SSSR count). The van der Waals surface area contributed by atoms with Gasteiger partial charge in [0.1, 0.15) is 37.3 Å². The van der Waals surface area contributed by atoms with Gasteiger partial charge in [-0.25, -0.2) is 26.4 Å². The highest BCUT2D eigenvalue weighted by Crippen LogP contribution is 2.79. The summed E-state index contributed by atoms with van der Waals surface area (Å²) in [6.45, 7) is 45.5. The molecule has 4 aromatic rings. The number of rotatable bonds is 22. The molecule has 0 radical (unpaired) electrons. The number of nitrogens with two attached hydrogens (primary N) is 1. The number of alkyl halides is 1. The number of ether oxygens (including phenoxy) is 4. The largest absolute Gasteiger partial charge is 0.461 e. The number of hydrogen-bond donors (Lipinski definition) is 2. The first kappa shape index (κ1) is 99.2. The molecule has 12 aliphatic carbocycles. The lowest BCUT2D eigenvalue weighted by Crippen LogP contribution is -2.68. The van der Waals surface area contributed by atoms with Gasteiger partial charge in [0.15, 0.2) is 19.7 Å². The summed E-state index contributed by atoms with van der Waals surface area (Å²) < 4.78 is 70.0. The molecule has 2 saturated heterocycles. The highest BCUT2D eigenvalue weighted by molar-refractivity contribution is 7.91. The van der Waals surface area contributed by atoms with Crippen molar-refractivity contribution in [3.05, 3.63) is 214 Å². The summed E-state index contributed by atoms with van der Waals surface area (Å²) in [6, 6.07) is 37.6. The normalized spacial score (nSPS) is 37.7. The van der Waals surface area contributed by atoms with Gasteiger partial charge in [-0.3, -0.25) is 9.59 Å². The lowest BCUT2D eigenvalue weighted by atomic mass is 9.33. The summed E-state index contributed by atoms with van der Waals surface area (Å²) in [6.07, 6.45) is 35.4. The monoisotopic (exact) mass is 1870 g/mol. The lowest BCUT2D eigenvalue weighted by Gasteiger charge is -2.72. The number of carbonyl (C=O) groups is 4. The lowest BCUT2D eigenvalue weighted by molar-refractivity contribution is -0.221. The molecule has 8 saturated carbocycles. The molecule has 20 atom stereocenters. The van der Waals surface area contributed by atoms with Crippen molar-refractivity contribution in [1.82, 2.24) is 15.1 Å². The number of fused-ring (bicyclic) bond motifs is 14. The van der Waals surface area contributed by atoms with Crippen LogP contribution in [0.15, 0.2) is 192 Å². The fourth-order valence-corrected chi connectivity index (χ4v) is 34.8. The van der Waals surface area contributed by atoms with Crippen LogP contribution in [0.1, 0.15) is 269 Å². The van der Waals surface area contributed by atoms with Crippen LogP contribution in [0, 0.1) is 113 Å². The molecule has 2 unspecified atom stereocenters. The van der Waals surface area contributed by atoms with E-state index in [0.29, 0.717) is 140 Å². The summed E-state index contributed by atoms with van der Waals surface area (Å²) in [5, 5.41) is 4.23. The number of halogens is 1. The van der Waals surface area contributed by atoms with Crippen LogP contribution in [-0.2, 0) is 61.4 Å². The zero-order valence-corrected chi connectivity index (χ0v) is 84.8. The molecular formula is C114H157ClN4O12S2. The zero-order chi connectivity index (χ0) is 94.8. The average Bonchev–Trinajstić information content (AvgIpc) is 1.62. The van der Waals surface area contributed by atoms with Gasteiger partial charge in [0, 0.05) is 62.8 Å². The molecule has 14 aliphatic rings. The van der Waals surface area contributed by atoms with Crippen LogP contribution in [0.25, 0.3) is 0 Å². The van der Waals surface area contributed by atoms with Crippen LogP contribution < -0.4 is 11.1 Å². The minimum Gasteiger partial charge on any atom is -0.461 e. The molecule has 724 valence electrons. The van der Waals surface area contributed by atoms with Crippen LogP contribution >= 0.6 is 11.6 Å². The van der Waals surface area contributed by atoms with Crippen molar-refractivity contribution >= 4 is 55.2 Å². The third-order valence-electron chi connectivity index (χ3n) is 39.7. The Labute approximate surface area is 802 Å². The van der Waals surface area contributed by atoms with Crippen LogP contribution in [0.5, 0.6) is 0 Å². The van der Waals surface area contributed by atoms with Crippen LogP contribution in [0.2, 0.25) is 0 Å². The van der Waals surface area contributed by atoms with Gasteiger partial charge in [-0.2, -0.15) is 0 Å². The Balaban J connectivity index is 0.000000175. The van der Waals surface area contributed by atoms with E-state index in [4.69, 9.17) is 36.3 Å². The van der Waals surface area contributed by atoms with Crippen molar-refractivity contribution < 1.29 is 55.0 Å². The van der Waals surface area contributed by atoms with Crippen molar-refractivity contribution in [2.24, 2.45) is 119 Å². The summed E-state index contributed by atoms with van der Waals surface area (Å²) >= 11 is 5.51. The minimum atomic E-state index is -2.89. The molecule has 0 bridgehead atoms. The van der Waals surface area contributed by atoms with E-state index in [1.165, 1.54) is 123 Å². The maximum Gasteiger partial charge on any atom is 0.338 e. The quantitative estimate of drug-likeness (QED) is 0.0323. The third kappa shape index (κ3) is 18.7. The van der Waals surface area contributed by atoms with E-state index < -0.39 is 42.4 Å². The molecular weight excluding hydrogens is 1720 g/mol. The number of sulfone groups is 2. The summed E-state index contributed by atoms with van der Waals surface area (Å²) in [7, 11) is -5.61. The van der Waals surface area contributed by atoms with Crippen LogP contribution in [0.3, 0.4) is 0 Å². The van der Waals surface area contributed by atoms with Gasteiger partial charge < -0.3 is 39.8 Å². The van der Waals surface area contributed by atoms with E-state index in [0.717, 1.165) is 69.3 Å². The fraction of sp³-hybridized carbons (Fsp3) is 0.649. The Bertz CT molecular complexity index is 5300. The van der Waals surface area contributed by atoms with Gasteiger partial charge in [0.05, 0.1) is 34.1 Å². The van der Waals surface area contributed by atoms with Gasteiger partial charge in [-0.05, 0) is 328 Å². The molecule has 0 aromatic heterocycles. The topological polar surface area (TPSA) is 218 Å². The smallest absolute Gasteiger partial charge is 0.338 e. The minimum absolute atomic E-state index is 0.000535. The average molecular weight is 1880 g/mol. The molecule has 133 heavy (non-hydrogen) atoms. The third-order valence-corrected chi connectivity index (χ3v) is 43.1. The van der Waals surface area contributed by atoms with Gasteiger partial charge in [-0.15, -0.1) is 11.6 Å². The first-order valence-electron chi connectivity index (χ1n) is 51.0. The van der Waals surface area contributed by atoms with Gasteiger partial charge >= 0.3 is 23.9 Å². The number of allylic oxidation sites excluding steroid dienone is 10. The van der Waals surface area contributed by atoms with Crippen molar-refractivity contribution in [3.63, 3.8) is 0 Å². The predicted molar refractivity (Wildman–Crippen MR) is 533 cm³/mol. The van der Waals surface area contributed by atoms with Gasteiger partial charge in [0.25, 0.3) is 0 Å². The van der Waals surface area contributed by atoms with E-state index in [-0.39, 0.29) is 104 Å². The van der Waals surface area contributed by atoms with Gasteiger partial charge in [-0.1, -0.05) is 215 Å². The maximum atomic E-state index is 14.1. The summed E-state index contributed by atoms with van der Waals surface area (Å²) in [5.41, 5.74) is 18.2. The molecule has 3 N–H and O–H groups in total. The van der Waals surface area contributed by atoms with E-state index in [2.05, 4.69) is 136 Å². The molecule has 0 spiro atoms. The van der Waals surface area contributed by atoms with Crippen molar-refractivity contribution in [2.45, 2.75) is 261 Å². The van der Waals surface area contributed by atoms with E-state index >= 15 is 0 Å². The predicted octanol–water partition coefficient (Wildman–Crippen LogP) is 22.5.